The maximum Gasteiger partial charge on any atom is 0.258 e. The van der Waals surface area contributed by atoms with Crippen molar-refractivity contribution in [3.05, 3.63) is 83.1 Å². The van der Waals surface area contributed by atoms with Gasteiger partial charge in [-0.1, -0.05) is 59.2 Å². The first-order chi connectivity index (χ1) is 12.7. The van der Waals surface area contributed by atoms with Crippen LogP contribution in [0.3, 0.4) is 0 Å². The van der Waals surface area contributed by atoms with Gasteiger partial charge in [-0.05, 0) is 29.3 Å². The standard InChI is InChI=1S/C20H16ClN3O2/c1-26-23-13-14-8-10-15(11-9-14)16-5-2-3-7-18(16)24-20(25)17-6-4-12-22-19(17)21/h2-13H,1H3,(H,24,25)/b23-13-. The van der Waals surface area contributed by atoms with Gasteiger partial charge < -0.3 is 10.2 Å². The maximum atomic E-state index is 12.5. The zero-order valence-corrected chi connectivity index (χ0v) is 14.8. The number of halogens is 1. The van der Waals surface area contributed by atoms with Gasteiger partial charge in [-0.3, -0.25) is 4.79 Å². The predicted molar refractivity (Wildman–Crippen MR) is 104 cm³/mol. The lowest BCUT2D eigenvalue weighted by Gasteiger charge is -2.12. The van der Waals surface area contributed by atoms with Crippen LogP contribution in [0, 0.1) is 0 Å². The molecule has 0 saturated carbocycles. The zero-order chi connectivity index (χ0) is 18.4. The molecule has 1 amide bonds. The number of nitrogens with one attached hydrogen (secondary N) is 1. The first-order valence-corrected chi connectivity index (χ1v) is 8.24. The van der Waals surface area contributed by atoms with E-state index < -0.39 is 0 Å². The molecule has 0 radical (unpaired) electrons. The Morgan fingerprint density at radius 1 is 1.12 bits per heavy atom. The molecular weight excluding hydrogens is 350 g/mol. The summed E-state index contributed by atoms with van der Waals surface area (Å²) < 4.78 is 0. The zero-order valence-electron chi connectivity index (χ0n) is 14.0. The molecule has 0 aliphatic carbocycles. The van der Waals surface area contributed by atoms with Crippen LogP contribution in [-0.4, -0.2) is 24.2 Å². The quantitative estimate of drug-likeness (QED) is 0.407. The Balaban J connectivity index is 1.88. The van der Waals surface area contributed by atoms with Gasteiger partial charge in [-0.15, -0.1) is 0 Å². The van der Waals surface area contributed by atoms with E-state index >= 15 is 0 Å². The molecule has 0 spiro atoms. The molecule has 130 valence electrons. The van der Waals surface area contributed by atoms with E-state index in [1.165, 1.54) is 7.11 Å². The summed E-state index contributed by atoms with van der Waals surface area (Å²) in [5.41, 5.74) is 3.80. The smallest absolute Gasteiger partial charge is 0.258 e. The van der Waals surface area contributed by atoms with E-state index in [2.05, 4.69) is 20.3 Å². The number of carbonyl (C=O) groups excluding carboxylic acids is 1. The Hall–Kier alpha value is -3.18. The number of pyridine rings is 1. The molecule has 2 aromatic carbocycles. The van der Waals surface area contributed by atoms with Crippen molar-refractivity contribution in [2.75, 3.05) is 12.4 Å². The van der Waals surface area contributed by atoms with Crippen LogP contribution in [0.1, 0.15) is 15.9 Å². The van der Waals surface area contributed by atoms with Crippen molar-refractivity contribution in [1.82, 2.24) is 4.98 Å². The molecule has 3 rings (SSSR count). The molecule has 1 N–H and O–H groups in total. The molecule has 1 heterocycles. The fourth-order valence-corrected chi connectivity index (χ4v) is 2.66. The van der Waals surface area contributed by atoms with E-state index in [0.29, 0.717) is 11.3 Å². The van der Waals surface area contributed by atoms with Crippen LogP contribution in [0.4, 0.5) is 5.69 Å². The van der Waals surface area contributed by atoms with Gasteiger partial charge in [0.05, 0.1) is 11.8 Å². The number of nitrogens with zero attached hydrogens (tertiary/aromatic N) is 2. The van der Waals surface area contributed by atoms with Gasteiger partial charge in [0.25, 0.3) is 5.91 Å². The first-order valence-electron chi connectivity index (χ1n) is 7.87. The Morgan fingerprint density at radius 3 is 2.62 bits per heavy atom. The summed E-state index contributed by atoms with van der Waals surface area (Å²) in [4.78, 5) is 21.1. The molecule has 26 heavy (non-hydrogen) atoms. The highest BCUT2D eigenvalue weighted by Crippen LogP contribution is 2.28. The van der Waals surface area contributed by atoms with Crippen LogP contribution >= 0.6 is 11.6 Å². The average Bonchev–Trinajstić information content (AvgIpc) is 2.67. The summed E-state index contributed by atoms with van der Waals surface area (Å²) in [5.74, 6) is -0.306. The summed E-state index contributed by atoms with van der Waals surface area (Å²) in [6.07, 6.45) is 3.17. The second kappa shape index (κ2) is 8.27. The van der Waals surface area contributed by atoms with Gasteiger partial charge in [-0.25, -0.2) is 4.98 Å². The van der Waals surface area contributed by atoms with Crippen LogP contribution in [0.25, 0.3) is 11.1 Å². The topological polar surface area (TPSA) is 63.6 Å². The number of aromatic nitrogens is 1. The Kier molecular flexibility index (Phi) is 5.61. The predicted octanol–water partition coefficient (Wildman–Crippen LogP) is 4.63. The SMILES string of the molecule is CO/N=C\c1ccc(-c2ccccc2NC(=O)c2cccnc2Cl)cc1. The molecule has 6 heteroatoms. The van der Waals surface area contributed by atoms with Gasteiger partial charge in [-0.2, -0.15) is 0 Å². The third-order valence-electron chi connectivity index (χ3n) is 3.71. The van der Waals surface area contributed by atoms with E-state index in [4.69, 9.17) is 11.6 Å². The summed E-state index contributed by atoms with van der Waals surface area (Å²) in [5, 5.41) is 6.82. The summed E-state index contributed by atoms with van der Waals surface area (Å²) in [6, 6.07) is 18.6. The fourth-order valence-electron chi connectivity index (χ4n) is 2.45. The highest BCUT2D eigenvalue weighted by Gasteiger charge is 2.13. The molecular formula is C20H16ClN3O2. The van der Waals surface area contributed by atoms with Crippen molar-refractivity contribution >= 4 is 29.4 Å². The van der Waals surface area contributed by atoms with E-state index in [1.54, 1.807) is 24.5 Å². The summed E-state index contributed by atoms with van der Waals surface area (Å²) >= 11 is 6.01. The molecule has 0 fully saturated rings. The Morgan fingerprint density at radius 2 is 1.88 bits per heavy atom. The molecule has 0 unspecified atom stereocenters. The van der Waals surface area contributed by atoms with E-state index in [9.17, 15) is 4.79 Å². The monoisotopic (exact) mass is 365 g/mol. The normalized spacial score (nSPS) is 10.7. The van der Waals surface area contributed by atoms with E-state index in [-0.39, 0.29) is 11.1 Å². The van der Waals surface area contributed by atoms with Gasteiger partial charge in [0.15, 0.2) is 0 Å². The number of amides is 1. The van der Waals surface area contributed by atoms with Crippen LogP contribution in [0.5, 0.6) is 0 Å². The molecule has 1 aromatic heterocycles. The van der Waals surface area contributed by atoms with E-state index in [1.807, 2.05) is 48.5 Å². The minimum absolute atomic E-state index is 0.171. The highest BCUT2D eigenvalue weighted by atomic mass is 35.5. The van der Waals surface area contributed by atoms with Gasteiger partial charge in [0, 0.05) is 17.4 Å². The number of oxime groups is 1. The average molecular weight is 366 g/mol. The molecule has 3 aromatic rings. The van der Waals surface area contributed by atoms with Crippen molar-refractivity contribution < 1.29 is 9.63 Å². The van der Waals surface area contributed by atoms with Gasteiger partial charge in [0.2, 0.25) is 0 Å². The third kappa shape index (κ3) is 4.07. The second-order valence-electron chi connectivity index (χ2n) is 5.38. The van der Waals surface area contributed by atoms with E-state index in [0.717, 1.165) is 16.7 Å². The number of carbonyl (C=O) groups is 1. The van der Waals surface area contributed by atoms with Crippen molar-refractivity contribution in [3.63, 3.8) is 0 Å². The highest BCUT2D eigenvalue weighted by molar-refractivity contribution is 6.33. The number of benzene rings is 2. The van der Waals surface area contributed by atoms with Crippen LogP contribution in [0.15, 0.2) is 72.0 Å². The molecule has 0 aliphatic heterocycles. The van der Waals surface area contributed by atoms with Crippen molar-refractivity contribution in [1.29, 1.82) is 0 Å². The lowest BCUT2D eigenvalue weighted by molar-refractivity contribution is 0.102. The molecule has 0 saturated heterocycles. The number of para-hydroxylation sites is 1. The third-order valence-corrected chi connectivity index (χ3v) is 4.01. The summed E-state index contributed by atoms with van der Waals surface area (Å²) in [7, 11) is 1.50. The van der Waals surface area contributed by atoms with Crippen molar-refractivity contribution in [2.24, 2.45) is 5.16 Å². The minimum Gasteiger partial charge on any atom is -0.399 e. The van der Waals surface area contributed by atoms with Crippen LogP contribution < -0.4 is 5.32 Å². The van der Waals surface area contributed by atoms with Crippen LogP contribution in [0.2, 0.25) is 5.15 Å². The number of rotatable bonds is 5. The second-order valence-corrected chi connectivity index (χ2v) is 5.74. The van der Waals surface area contributed by atoms with Gasteiger partial charge in [0.1, 0.15) is 12.3 Å². The Labute approximate surface area is 156 Å². The fraction of sp³-hybridized carbons (Fsp3) is 0.0500. The Bertz CT molecular complexity index is 940. The largest absolute Gasteiger partial charge is 0.399 e. The number of anilines is 1. The van der Waals surface area contributed by atoms with Crippen LogP contribution in [-0.2, 0) is 4.84 Å². The lowest BCUT2D eigenvalue weighted by atomic mass is 10.0. The molecule has 0 atom stereocenters. The van der Waals surface area contributed by atoms with Crippen molar-refractivity contribution in [2.45, 2.75) is 0 Å². The molecule has 0 bridgehead atoms. The van der Waals surface area contributed by atoms with Gasteiger partial charge >= 0.3 is 0 Å². The molecule has 5 nitrogen and oxygen atoms in total. The maximum absolute atomic E-state index is 12.5. The number of hydrogen-bond acceptors (Lipinski definition) is 4. The van der Waals surface area contributed by atoms with Crippen molar-refractivity contribution in [3.8, 4) is 11.1 Å². The minimum atomic E-state index is -0.306. The summed E-state index contributed by atoms with van der Waals surface area (Å²) in [6.45, 7) is 0. The first kappa shape index (κ1) is 17.6. The molecule has 0 aliphatic rings. The number of hydrogen-bond donors (Lipinski definition) is 1. The lowest BCUT2D eigenvalue weighted by Crippen LogP contribution is -2.13.